The topological polar surface area (TPSA) is 50.7 Å². The number of aryl methyl sites for hydroxylation is 1. The Bertz CT molecular complexity index is 564. The third kappa shape index (κ3) is 4.56. The first-order valence-electron chi connectivity index (χ1n) is 5.80. The quantitative estimate of drug-likeness (QED) is 0.673. The molecule has 1 N–H and O–H groups in total. The average Bonchev–Trinajstić information content (AvgIpc) is 2.83. The summed E-state index contributed by atoms with van der Waals surface area (Å²) in [6.45, 7) is 1.97. The van der Waals surface area contributed by atoms with Crippen LogP contribution in [-0.4, -0.2) is 18.7 Å². The van der Waals surface area contributed by atoms with Gasteiger partial charge < -0.3 is 4.74 Å². The monoisotopic (exact) mass is 274 g/mol. The van der Waals surface area contributed by atoms with E-state index >= 15 is 0 Å². The van der Waals surface area contributed by atoms with E-state index in [1.165, 1.54) is 4.88 Å². The van der Waals surface area contributed by atoms with Crippen molar-refractivity contribution < 1.29 is 9.53 Å². The summed E-state index contributed by atoms with van der Waals surface area (Å²) < 4.78 is 5.29. The van der Waals surface area contributed by atoms with E-state index in [2.05, 4.69) is 10.5 Å². The molecule has 1 aromatic carbocycles. The van der Waals surface area contributed by atoms with Crippen molar-refractivity contribution in [2.45, 2.75) is 6.92 Å². The van der Waals surface area contributed by atoms with E-state index in [0.717, 1.165) is 4.88 Å². The van der Waals surface area contributed by atoms with Gasteiger partial charge in [0.05, 0.1) is 6.21 Å². The fraction of sp³-hybridized carbons (Fsp3) is 0.143. The number of hydrogen-bond acceptors (Lipinski definition) is 4. The first-order valence-corrected chi connectivity index (χ1v) is 6.62. The van der Waals surface area contributed by atoms with Crippen molar-refractivity contribution in [2.24, 2.45) is 5.10 Å². The number of benzene rings is 1. The van der Waals surface area contributed by atoms with Crippen molar-refractivity contribution in [2.75, 3.05) is 6.61 Å². The molecular weight excluding hydrogens is 260 g/mol. The Balaban J connectivity index is 1.74. The molecule has 19 heavy (non-hydrogen) atoms. The van der Waals surface area contributed by atoms with Crippen LogP contribution in [0.15, 0.2) is 47.6 Å². The van der Waals surface area contributed by atoms with Crippen LogP contribution >= 0.6 is 11.3 Å². The van der Waals surface area contributed by atoms with Gasteiger partial charge in [-0.3, -0.25) is 4.79 Å². The van der Waals surface area contributed by atoms with Crippen molar-refractivity contribution in [1.82, 2.24) is 5.43 Å². The molecular formula is C14H14N2O2S. The van der Waals surface area contributed by atoms with Crippen LogP contribution in [0.2, 0.25) is 0 Å². The van der Waals surface area contributed by atoms with E-state index in [-0.39, 0.29) is 12.5 Å². The summed E-state index contributed by atoms with van der Waals surface area (Å²) in [5.41, 5.74) is 2.42. The van der Waals surface area contributed by atoms with Crippen LogP contribution in [0.5, 0.6) is 5.75 Å². The lowest BCUT2D eigenvalue weighted by Crippen LogP contribution is -2.24. The smallest absolute Gasteiger partial charge is 0.277 e. The van der Waals surface area contributed by atoms with E-state index in [4.69, 9.17) is 4.74 Å². The minimum atomic E-state index is -0.284. The SMILES string of the molecule is Cc1ccc(/C=N/NC(=O)COc2ccccc2)s1. The maximum Gasteiger partial charge on any atom is 0.277 e. The molecule has 0 atom stereocenters. The number of nitrogens with one attached hydrogen (secondary N) is 1. The maximum absolute atomic E-state index is 11.5. The number of thiophene rings is 1. The lowest BCUT2D eigenvalue weighted by Gasteiger charge is -2.03. The fourth-order valence-electron chi connectivity index (χ4n) is 1.39. The van der Waals surface area contributed by atoms with E-state index in [0.29, 0.717) is 5.75 Å². The van der Waals surface area contributed by atoms with Crippen LogP contribution in [0.1, 0.15) is 9.75 Å². The first kappa shape index (κ1) is 13.3. The van der Waals surface area contributed by atoms with Gasteiger partial charge in [-0.2, -0.15) is 5.10 Å². The number of hydrogen-bond donors (Lipinski definition) is 1. The van der Waals surface area contributed by atoms with Crippen LogP contribution in [0.3, 0.4) is 0 Å². The Labute approximate surface area is 115 Å². The molecule has 1 heterocycles. The van der Waals surface area contributed by atoms with Crippen molar-refractivity contribution in [3.63, 3.8) is 0 Å². The van der Waals surface area contributed by atoms with Gasteiger partial charge in [0.15, 0.2) is 6.61 Å². The van der Waals surface area contributed by atoms with Crippen LogP contribution in [0, 0.1) is 6.92 Å². The zero-order valence-electron chi connectivity index (χ0n) is 10.5. The van der Waals surface area contributed by atoms with Gasteiger partial charge >= 0.3 is 0 Å². The van der Waals surface area contributed by atoms with Gasteiger partial charge in [-0.25, -0.2) is 5.43 Å². The van der Waals surface area contributed by atoms with Gasteiger partial charge in [-0.15, -0.1) is 11.3 Å². The van der Waals surface area contributed by atoms with Gasteiger partial charge in [0, 0.05) is 9.75 Å². The molecule has 0 aliphatic carbocycles. The second kappa shape index (κ2) is 6.70. The highest BCUT2D eigenvalue weighted by Crippen LogP contribution is 2.12. The highest BCUT2D eigenvalue weighted by atomic mass is 32.1. The van der Waals surface area contributed by atoms with Crippen LogP contribution in [0.25, 0.3) is 0 Å². The molecule has 1 aromatic heterocycles. The van der Waals surface area contributed by atoms with E-state index in [9.17, 15) is 4.79 Å². The number of amides is 1. The molecule has 0 fully saturated rings. The fourth-order valence-corrected chi connectivity index (χ4v) is 2.14. The molecule has 0 aliphatic heterocycles. The number of nitrogens with zero attached hydrogens (tertiary/aromatic N) is 1. The summed E-state index contributed by atoms with van der Waals surface area (Å²) in [4.78, 5) is 13.7. The first-order chi connectivity index (χ1) is 9.24. The Kier molecular flexibility index (Phi) is 4.69. The summed E-state index contributed by atoms with van der Waals surface area (Å²) >= 11 is 1.62. The lowest BCUT2D eigenvalue weighted by molar-refractivity contribution is -0.123. The van der Waals surface area contributed by atoms with E-state index < -0.39 is 0 Å². The Morgan fingerprint density at radius 3 is 2.79 bits per heavy atom. The second-order valence-corrected chi connectivity index (χ2v) is 5.16. The maximum atomic E-state index is 11.5. The van der Waals surface area contributed by atoms with Crippen molar-refractivity contribution in [3.05, 3.63) is 52.2 Å². The van der Waals surface area contributed by atoms with Crippen LogP contribution < -0.4 is 10.2 Å². The summed E-state index contributed by atoms with van der Waals surface area (Å²) in [5.74, 6) is 0.379. The Hall–Kier alpha value is -2.14. The summed E-state index contributed by atoms with van der Waals surface area (Å²) in [5, 5.41) is 3.87. The highest BCUT2D eigenvalue weighted by Gasteiger charge is 2.00. The summed E-state index contributed by atoms with van der Waals surface area (Å²) in [6.07, 6.45) is 1.62. The Morgan fingerprint density at radius 2 is 2.11 bits per heavy atom. The highest BCUT2D eigenvalue weighted by molar-refractivity contribution is 7.13. The predicted octanol–water partition coefficient (Wildman–Crippen LogP) is 2.59. The molecule has 0 bridgehead atoms. The molecule has 2 aromatic rings. The largest absolute Gasteiger partial charge is 0.484 e. The zero-order valence-corrected chi connectivity index (χ0v) is 11.3. The van der Waals surface area contributed by atoms with E-state index in [1.807, 2.05) is 37.3 Å². The number of carbonyl (C=O) groups excluding carboxylic acids is 1. The molecule has 98 valence electrons. The van der Waals surface area contributed by atoms with Gasteiger partial charge in [0.25, 0.3) is 5.91 Å². The second-order valence-electron chi connectivity index (χ2n) is 3.84. The third-order valence-electron chi connectivity index (χ3n) is 2.26. The van der Waals surface area contributed by atoms with Crippen molar-refractivity contribution >= 4 is 23.5 Å². The van der Waals surface area contributed by atoms with E-state index in [1.54, 1.807) is 29.7 Å². The normalized spacial score (nSPS) is 10.6. The number of ether oxygens (including phenoxy) is 1. The minimum Gasteiger partial charge on any atom is -0.484 e. The molecule has 0 saturated heterocycles. The zero-order chi connectivity index (χ0) is 13.5. The summed E-state index contributed by atoms with van der Waals surface area (Å²) in [7, 11) is 0. The molecule has 0 radical (unpaired) electrons. The van der Waals surface area contributed by atoms with Gasteiger partial charge in [-0.1, -0.05) is 18.2 Å². The lowest BCUT2D eigenvalue weighted by atomic mass is 10.3. The van der Waals surface area contributed by atoms with Crippen LogP contribution in [0.4, 0.5) is 0 Å². The number of para-hydroxylation sites is 1. The Morgan fingerprint density at radius 1 is 1.32 bits per heavy atom. The molecule has 4 nitrogen and oxygen atoms in total. The van der Waals surface area contributed by atoms with Gasteiger partial charge in [0.1, 0.15) is 5.75 Å². The number of rotatable bonds is 5. The number of hydrazone groups is 1. The molecule has 1 amide bonds. The molecule has 2 rings (SSSR count). The molecule has 0 aliphatic rings. The summed E-state index contributed by atoms with van der Waals surface area (Å²) in [6, 6.07) is 13.1. The molecule has 0 spiro atoms. The molecule has 0 saturated carbocycles. The van der Waals surface area contributed by atoms with Crippen LogP contribution in [-0.2, 0) is 4.79 Å². The van der Waals surface area contributed by atoms with Crippen molar-refractivity contribution in [3.8, 4) is 5.75 Å². The average molecular weight is 274 g/mol. The third-order valence-corrected chi connectivity index (χ3v) is 3.19. The molecule has 5 heteroatoms. The predicted molar refractivity (Wildman–Crippen MR) is 76.7 cm³/mol. The van der Waals surface area contributed by atoms with Crippen molar-refractivity contribution in [1.29, 1.82) is 0 Å². The standard InChI is InChI=1S/C14H14N2O2S/c1-11-7-8-13(19-11)9-15-16-14(17)10-18-12-5-3-2-4-6-12/h2-9H,10H2,1H3,(H,16,17)/b15-9+. The number of carbonyl (C=O) groups is 1. The van der Waals surface area contributed by atoms with Gasteiger partial charge in [0.2, 0.25) is 0 Å². The minimum absolute atomic E-state index is 0.0508. The molecule has 0 unspecified atom stereocenters. The van der Waals surface area contributed by atoms with Gasteiger partial charge in [-0.05, 0) is 31.2 Å².